The largest absolute Gasteiger partial charge is 0.396 e. The van der Waals surface area contributed by atoms with Crippen molar-refractivity contribution in [3.05, 3.63) is 71.8 Å². The second kappa shape index (κ2) is 11.3. The maximum Gasteiger partial charge on any atom is 0.191 e. The van der Waals surface area contributed by atoms with Crippen LogP contribution in [0.25, 0.3) is 0 Å². The molecule has 0 aliphatic rings. The molecule has 0 heterocycles. The first-order valence-electron chi connectivity index (χ1n) is 9.04. The summed E-state index contributed by atoms with van der Waals surface area (Å²) < 4.78 is 5.60. The number of hydrogen-bond acceptors (Lipinski definition) is 3. The third-order valence-corrected chi connectivity index (χ3v) is 4.22. The maximum atomic E-state index is 9.70. The molecule has 0 saturated carbocycles. The molecule has 0 amide bonds. The minimum absolute atomic E-state index is 0.0148. The zero-order valence-electron chi connectivity index (χ0n) is 15.6. The number of aliphatic imine (C=N–C) groups is 1. The number of guanidine groups is 1. The van der Waals surface area contributed by atoms with Crippen LogP contribution in [0, 0.1) is 0 Å². The normalized spacial score (nSPS) is 13.9. The van der Waals surface area contributed by atoms with Crippen molar-refractivity contribution < 1.29 is 9.84 Å². The molecule has 0 aliphatic heterocycles. The molecule has 5 heteroatoms. The molecule has 2 unspecified atom stereocenters. The minimum atomic E-state index is -0.0529. The fourth-order valence-corrected chi connectivity index (χ4v) is 2.73. The number of benzene rings is 2. The second-order valence-corrected chi connectivity index (χ2v) is 6.03. The van der Waals surface area contributed by atoms with Gasteiger partial charge in [0.25, 0.3) is 0 Å². The van der Waals surface area contributed by atoms with Crippen molar-refractivity contribution in [2.24, 2.45) is 4.99 Å². The molecule has 0 bridgehead atoms. The van der Waals surface area contributed by atoms with Crippen LogP contribution in [0.4, 0.5) is 0 Å². The summed E-state index contributed by atoms with van der Waals surface area (Å²) in [5, 5.41) is 16.3. The van der Waals surface area contributed by atoms with Crippen LogP contribution in [0.3, 0.4) is 0 Å². The third kappa shape index (κ3) is 6.17. The van der Waals surface area contributed by atoms with E-state index >= 15 is 0 Å². The molecule has 2 aromatic rings. The van der Waals surface area contributed by atoms with Gasteiger partial charge in [-0.2, -0.15) is 0 Å². The van der Waals surface area contributed by atoms with E-state index in [4.69, 9.17) is 4.74 Å². The number of aliphatic hydroxyl groups excluding tert-OH is 1. The molecule has 0 aromatic heterocycles. The van der Waals surface area contributed by atoms with Crippen LogP contribution in [0.15, 0.2) is 65.7 Å². The van der Waals surface area contributed by atoms with Crippen molar-refractivity contribution in [1.82, 2.24) is 10.6 Å². The molecule has 26 heavy (non-hydrogen) atoms. The standard InChI is InChI=1S/C21H29N3O2/c1-3-22-21(23-14-19(16-25)17-10-6-4-7-11-17)24-15-20(26-2)18-12-8-5-9-13-18/h4-13,19-20,25H,3,14-16H2,1-2H3,(H2,22,23,24). The quantitative estimate of drug-likeness (QED) is 0.478. The van der Waals surface area contributed by atoms with Gasteiger partial charge < -0.3 is 20.5 Å². The lowest BCUT2D eigenvalue weighted by atomic mass is 10.0. The highest BCUT2D eigenvalue weighted by Crippen LogP contribution is 2.16. The summed E-state index contributed by atoms with van der Waals surface area (Å²) in [6.07, 6.45) is -0.0529. The van der Waals surface area contributed by atoms with Crippen LogP contribution < -0.4 is 10.6 Å². The number of rotatable bonds is 9. The van der Waals surface area contributed by atoms with Crippen molar-refractivity contribution >= 4 is 5.96 Å². The fraction of sp³-hybridized carbons (Fsp3) is 0.381. The van der Waals surface area contributed by atoms with E-state index in [2.05, 4.69) is 27.8 Å². The maximum absolute atomic E-state index is 9.70. The van der Waals surface area contributed by atoms with Crippen LogP contribution in [0.1, 0.15) is 30.1 Å². The van der Waals surface area contributed by atoms with Crippen LogP contribution >= 0.6 is 0 Å². The summed E-state index contributed by atoms with van der Waals surface area (Å²) in [4.78, 5) is 4.64. The van der Waals surface area contributed by atoms with Gasteiger partial charge in [0.05, 0.1) is 19.3 Å². The van der Waals surface area contributed by atoms with E-state index in [9.17, 15) is 5.11 Å². The van der Waals surface area contributed by atoms with Gasteiger partial charge in [0, 0.05) is 26.1 Å². The fourth-order valence-electron chi connectivity index (χ4n) is 2.73. The van der Waals surface area contributed by atoms with Gasteiger partial charge in [0.15, 0.2) is 5.96 Å². The first-order valence-corrected chi connectivity index (χ1v) is 9.04. The third-order valence-electron chi connectivity index (χ3n) is 4.22. The molecular weight excluding hydrogens is 326 g/mol. The van der Waals surface area contributed by atoms with Gasteiger partial charge in [-0.3, -0.25) is 4.99 Å². The Bertz CT molecular complexity index is 647. The summed E-state index contributed by atoms with van der Waals surface area (Å²) in [6.45, 7) is 3.99. The molecule has 0 aliphatic carbocycles. The molecule has 5 nitrogen and oxygen atoms in total. The average Bonchev–Trinajstić information content (AvgIpc) is 2.70. The number of nitrogens with zero attached hydrogens (tertiary/aromatic N) is 1. The van der Waals surface area contributed by atoms with Gasteiger partial charge in [-0.15, -0.1) is 0 Å². The summed E-state index contributed by atoms with van der Waals surface area (Å²) in [7, 11) is 1.71. The first kappa shape index (κ1) is 19.9. The molecule has 2 aromatic carbocycles. The highest BCUT2D eigenvalue weighted by molar-refractivity contribution is 5.79. The van der Waals surface area contributed by atoms with E-state index in [0.717, 1.165) is 23.6 Å². The summed E-state index contributed by atoms with van der Waals surface area (Å²) in [5.41, 5.74) is 2.21. The van der Waals surface area contributed by atoms with Gasteiger partial charge in [-0.25, -0.2) is 0 Å². The highest BCUT2D eigenvalue weighted by Gasteiger charge is 2.12. The predicted octanol–water partition coefficient (Wildman–Crippen LogP) is 2.71. The zero-order chi connectivity index (χ0) is 18.6. The van der Waals surface area contributed by atoms with Gasteiger partial charge in [0.2, 0.25) is 0 Å². The lowest BCUT2D eigenvalue weighted by molar-refractivity contribution is 0.106. The van der Waals surface area contributed by atoms with Gasteiger partial charge in [-0.1, -0.05) is 60.7 Å². The van der Waals surface area contributed by atoms with Gasteiger partial charge >= 0.3 is 0 Å². The SMILES string of the molecule is CCNC(=NCC(CO)c1ccccc1)NCC(OC)c1ccccc1. The summed E-state index contributed by atoms with van der Waals surface area (Å²) in [5.74, 6) is 0.707. The second-order valence-electron chi connectivity index (χ2n) is 6.03. The van der Waals surface area contributed by atoms with E-state index in [1.54, 1.807) is 7.11 Å². The number of ether oxygens (including phenoxy) is 1. The average molecular weight is 355 g/mol. The number of methoxy groups -OCH3 is 1. The van der Waals surface area contributed by atoms with Crippen molar-refractivity contribution in [3.63, 3.8) is 0 Å². The minimum Gasteiger partial charge on any atom is -0.396 e. The summed E-state index contributed by atoms with van der Waals surface area (Å²) in [6, 6.07) is 20.1. The molecule has 2 rings (SSSR count). The summed E-state index contributed by atoms with van der Waals surface area (Å²) >= 11 is 0. The van der Waals surface area contributed by atoms with Gasteiger partial charge in [-0.05, 0) is 18.1 Å². The molecule has 3 N–H and O–H groups in total. The topological polar surface area (TPSA) is 65.9 Å². The van der Waals surface area contributed by atoms with E-state index in [-0.39, 0.29) is 18.6 Å². The van der Waals surface area contributed by atoms with Gasteiger partial charge in [0.1, 0.15) is 0 Å². The molecule has 0 spiro atoms. The monoisotopic (exact) mass is 355 g/mol. The molecule has 0 fully saturated rings. The number of aliphatic hydroxyl groups is 1. The van der Waals surface area contributed by atoms with Crippen molar-refractivity contribution in [2.75, 3.05) is 33.4 Å². The smallest absolute Gasteiger partial charge is 0.191 e. The van der Waals surface area contributed by atoms with E-state index in [1.165, 1.54) is 0 Å². The van der Waals surface area contributed by atoms with E-state index in [0.29, 0.717) is 13.1 Å². The highest BCUT2D eigenvalue weighted by atomic mass is 16.5. The lowest BCUT2D eigenvalue weighted by Crippen LogP contribution is -2.40. The van der Waals surface area contributed by atoms with Crippen molar-refractivity contribution in [1.29, 1.82) is 0 Å². The van der Waals surface area contributed by atoms with Crippen LogP contribution in [0.2, 0.25) is 0 Å². The Morgan fingerprint density at radius 2 is 1.62 bits per heavy atom. The Morgan fingerprint density at radius 1 is 1.00 bits per heavy atom. The predicted molar refractivity (Wildman–Crippen MR) is 106 cm³/mol. The Morgan fingerprint density at radius 3 is 2.15 bits per heavy atom. The number of nitrogens with one attached hydrogen (secondary N) is 2. The van der Waals surface area contributed by atoms with Crippen molar-refractivity contribution in [3.8, 4) is 0 Å². The lowest BCUT2D eigenvalue weighted by Gasteiger charge is -2.19. The van der Waals surface area contributed by atoms with E-state index in [1.807, 2.05) is 55.5 Å². The van der Waals surface area contributed by atoms with Crippen LogP contribution in [-0.2, 0) is 4.74 Å². The molecule has 2 atom stereocenters. The Kier molecular flexibility index (Phi) is 8.66. The molecule has 140 valence electrons. The van der Waals surface area contributed by atoms with Crippen LogP contribution in [0.5, 0.6) is 0 Å². The molecule has 0 radical (unpaired) electrons. The first-order chi connectivity index (χ1) is 12.8. The molecular formula is C21H29N3O2. The van der Waals surface area contributed by atoms with Crippen LogP contribution in [-0.4, -0.2) is 44.4 Å². The Labute approximate surface area is 156 Å². The molecule has 0 saturated heterocycles. The van der Waals surface area contributed by atoms with E-state index < -0.39 is 0 Å². The zero-order valence-corrected chi connectivity index (χ0v) is 15.6. The Balaban J connectivity index is 1.99. The Hall–Kier alpha value is -2.37. The van der Waals surface area contributed by atoms with Crippen molar-refractivity contribution in [2.45, 2.75) is 18.9 Å². The number of hydrogen-bond donors (Lipinski definition) is 3.